The van der Waals surface area contributed by atoms with E-state index in [0.717, 1.165) is 25.7 Å². The van der Waals surface area contributed by atoms with E-state index in [1.165, 1.54) is 6.42 Å². The Hall–Kier alpha value is -0.400. The molecule has 1 aliphatic carbocycles. The lowest BCUT2D eigenvalue weighted by atomic mass is 9.86. The van der Waals surface area contributed by atoms with Gasteiger partial charge < -0.3 is 4.79 Å². The summed E-state index contributed by atoms with van der Waals surface area (Å²) in [5.41, 5.74) is 0. The van der Waals surface area contributed by atoms with E-state index in [9.17, 15) is 9.18 Å². The lowest BCUT2D eigenvalue weighted by Crippen LogP contribution is -2.19. The number of hydrogen-bond donors (Lipinski definition) is 0. The van der Waals surface area contributed by atoms with E-state index in [2.05, 4.69) is 0 Å². The van der Waals surface area contributed by atoms with E-state index in [1.54, 1.807) is 0 Å². The van der Waals surface area contributed by atoms with Gasteiger partial charge in [0.25, 0.3) is 0 Å². The van der Waals surface area contributed by atoms with Gasteiger partial charge in [-0.3, -0.25) is 0 Å². The minimum absolute atomic E-state index is 0.0336. The molecule has 0 aromatic rings. The van der Waals surface area contributed by atoms with Crippen LogP contribution in [0.5, 0.6) is 0 Å². The van der Waals surface area contributed by atoms with Gasteiger partial charge in [-0.25, -0.2) is 4.39 Å². The van der Waals surface area contributed by atoms with Crippen LogP contribution in [0.3, 0.4) is 0 Å². The highest BCUT2D eigenvalue weighted by Gasteiger charge is 2.21. The number of alkyl halides is 1. The Morgan fingerprint density at radius 1 is 1.30 bits per heavy atom. The molecule has 1 aliphatic rings. The molecule has 0 saturated heterocycles. The Kier molecular flexibility index (Phi) is 2.84. The van der Waals surface area contributed by atoms with Crippen molar-refractivity contribution >= 4 is 6.29 Å². The van der Waals surface area contributed by atoms with Crippen LogP contribution in [0.15, 0.2) is 0 Å². The number of hydrogen-bond acceptors (Lipinski definition) is 1. The van der Waals surface area contributed by atoms with Gasteiger partial charge in [-0.15, -0.1) is 0 Å². The first kappa shape index (κ1) is 7.70. The van der Waals surface area contributed by atoms with Crippen LogP contribution in [-0.2, 0) is 4.79 Å². The second kappa shape index (κ2) is 3.69. The van der Waals surface area contributed by atoms with Crippen LogP contribution in [0.1, 0.15) is 32.1 Å². The Bertz CT molecular complexity index is 108. The summed E-state index contributed by atoms with van der Waals surface area (Å²) in [5, 5.41) is 0. The van der Waals surface area contributed by atoms with Gasteiger partial charge in [-0.1, -0.05) is 19.3 Å². The molecule has 10 heavy (non-hydrogen) atoms. The third kappa shape index (κ3) is 1.79. The van der Waals surface area contributed by atoms with Gasteiger partial charge in [0.05, 0.1) is 0 Å². The summed E-state index contributed by atoms with van der Waals surface area (Å²) in [5.74, 6) is 0.0336. The molecule has 0 radical (unpaired) electrons. The fourth-order valence-corrected chi connectivity index (χ4v) is 1.56. The van der Waals surface area contributed by atoms with Gasteiger partial charge in [-0.05, 0) is 18.8 Å². The minimum Gasteiger partial charge on any atom is -0.300 e. The van der Waals surface area contributed by atoms with E-state index in [4.69, 9.17) is 0 Å². The second-order valence-electron chi connectivity index (χ2n) is 2.98. The summed E-state index contributed by atoms with van der Waals surface area (Å²) in [4.78, 5) is 10.0. The van der Waals surface area contributed by atoms with Crippen molar-refractivity contribution in [1.82, 2.24) is 0 Å². The zero-order valence-electron chi connectivity index (χ0n) is 6.05. The molecule has 0 aliphatic heterocycles. The summed E-state index contributed by atoms with van der Waals surface area (Å²) in [6.45, 7) is 0. The average Bonchev–Trinajstić information content (AvgIpc) is 2.05. The van der Waals surface area contributed by atoms with E-state index >= 15 is 0 Å². The highest BCUT2D eigenvalue weighted by Crippen LogP contribution is 2.26. The van der Waals surface area contributed by atoms with E-state index in [-0.39, 0.29) is 5.92 Å². The molecule has 0 aromatic carbocycles. The van der Waals surface area contributed by atoms with Crippen molar-refractivity contribution < 1.29 is 9.18 Å². The molecule has 0 amide bonds. The number of carbonyl (C=O) groups is 1. The highest BCUT2D eigenvalue weighted by atomic mass is 19.1. The van der Waals surface area contributed by atoms with Gasteiger partial charge in [0.1, 0.15) is 0 Å². The molecule has 1 fully saturated rings. The first-order valence-corrected chi connectivity index (χ1v) is 3.94. The van der Waals surface area contributed by atoms with Crippen molar-refractivity contribution in [2.75, 3.05) is 0 Å². The number of aldehydes is 1. The maximum Gasteiger partial charge on any atom is 0.158 e. The lowest BCUT2D eigenvalue weighted by Gasteiger charge is -2.21. The maximum absolute atomic E-state index is 12.6. The molecule has 58 valence electrons. The predicted molar refractivity (Wildman–Crippen MR) is 37.5 cm³/mol. The van der Waals surface area contributed by atoms with E-state index in [1.807, 2.05) is 0 Å². The van der Waals surface area contributed by atoms with Crippen LogP contribution in [0.2, 0.25) is 0 Å². The van der Waals surface area contributed by atoms with Gasteiger partial charge in [0, 0.05) is 0 Å². The number of rotatable bonds is 2. The quantitative estimate of drug-likeness (QED) is 0.542. The van der Waals surface area contributed by atoms with Crippen molar-refractivity contribution in [2.24, 2.45) is 5.92 Å². The van der Waals surface area contributed by atoms with Crippen molar-refractivity contribution in [1.29, 1.82) is 0 Å². The maximum atomic E-state index is 12.6. The first-order chi connectivity index (χ1) is 4.84. The molecule has 0 aromatic heterocycles. The zero-order valence-corrected chi connectivity index (χ0v) is 6.05. The molecular formula is C8H13FO. The average molecular weight is 144 g/mol. The lowest BCUT2D eigenvalue weighted by molar-refractivity contribution is -0.114. The van der Waals surface area contributed by atoms with Crippen molar-refractivity contribution in [3.05, 3.63) is 0 Å². The molecule has 1 rings (SSSR count). The topological polar surface area (TPSA) is 17.1 Å². The summed E-state index contributed by atoms with van der Waals surface area (Å²) in [6.07, 6.45) is 4.45. The van der Waals surface area contributed by atoms with Crippen molar-refractivity contribution in [3.8, 4) is 0 Å². The minimum atomic E-state index is -1.19. The fraction of sp³-hybridized carbons (Fsp3) is 0.875. The molecule has 0 bridgehead atoms. The first-order valence-electron chi connectivity index (χ1n) is 3.94. The van der Waals surface area contributed by atoms with Crippen LogP contribution >= 0.6 is 0 Å². The summed E-state index contributed by atoms with van der Waals surface area (Å²) >= 11 is 0. The van der Waals surface area contributed by atoms with Crippen molar-refractivity contribution in [3.63, 3.8) is 0 Å². The van der Waals surface area contributed by atoms with Crippen LogP contribution in [0.4, 0.5) is 4.39 Å². The predicted octanol–water partition coefficient (Wildman–Crippen LogP) is 2.10. The molecule has 0 spiro atoms. The Balaban J connectivity index is 2.30. The molecule has 0 heterocycles. The van der Waals surface area contributed by atoms with E-state index in [0.29, 0.717) is 6.29 Å². The van der Waals surface area contributed by atoms with Gasteiger partial charge in [0.2, 0.25) is 0 Å². The molecule has 1 atom stereocenters. The van der Waals surface area contributed by atoms with Crippen molar-refractivity contribution in [2.45, 2.75) is 38.3 Å². The molecule has 1 saturated carbocycles. The third-order valence-corrected chi connectivity index (χ3v) is 2.23. The van der Waals surface area contributed by atoms with Crippen LogP contribution in [0.25, 0.3) is 0 Å². The summed E-state index contributed by atoms with van der Waals surface area (Å²) in [6, 6.07) is 0. The number of halogens is 1. The largest absolute Gasteiger partial charge is 0.300 e. The second-order valence-corrected chi connectivity index (χ2v) is 2.98. The molecular weight excluding hydrogens is 131 g/mol. The van der Waals surface area contributed by atoms with Gasteiger partial charge in [-0.2, -0.15) is 0 Å². The monoisotopic (exact) mass is 144 g/mol. The molecule has 2 heteroatoms. The van der Waals surface area contributed by atoms with Crippen LogP contribution < -0.4 is 0 Å². The summed E-state index contributed by atoms with van der Waals surface area (Å²) in [7, 11) is 0. The standard InChI is InChI=1S/C8H13FO/c9-8(6-10)7-4-2-1-3-5-7/h6-8H,1-5H2/t8-/m1/s1. The van der Waals surface area contributed by atoms with Crippen LogP contribution in [-0.4, -0.2) is 12.5 Å². The smallest absolute Gasteiger partial charge is 0.158 e. The zero-order chi connectivity index (χ0) is 7.40. The van der Waals surface area contributed by atoms with Gasteiger partial charge >= 0.3 is 0 Å². The molecule has 0 N–H and O–H groups in total. The summed E-state index contributed by atoms with van der Waals surface area (Å²) < 4.78 is 12.6. The number of carbonyl (C=O) groups excluding carboxylic acids is 1. The normalized spacial score (nSPS) is 24.1. The molecule has 1 nitrogen and oxygen atoms in total. The fourth-order valence-electron chi connectivity index (χ4n) is 1.56. The Labute approximate surface area is 60.6 Å². The third-order valence-electron chi connectivity index (χ3n) is 2.23. The SMILES string of the molecule is O=C[C@@H](F)C1CCCCC1. The van der Waals surface area contributed by atoms with Gasteiger partial charge in [0.15, 0.2) is 12.5 Å². The highest BCUT2D eigenvalue weighted by molar-refractivity contribution is 5.56. The Morgan fingerprint density at radius 2 is 1.90 bits per heavy atom. The van der Waals surface area contributed by atoms with E-state index < -0.39 is 6.17 Å². The van der Waals surface area contributed by atoms with Crippen LogP contribution in [0, 0.1) is 5.92 Å². The molecule has 0 unspecified atom stereocenters. The Morgan fingerprint density at radius 3 is 2.40 bits per heavy atom.